The maximum absolute atomic E-state index is 9.30. The van der Waals surface area contributed by atoms with Crippen molar-refractivity contribution >= 4 is 47.4 Å². The summed E-state index contributed by atoms with van der Waals surface area (Å²) in [6.07, 6.45) is 0. The molecule has 0 saturated carbocycles. The van der Waals surface area contributed by atoms with E-state index < -0.39 is 22.2 Å². The maximum Gasteiger partial charge on any atom is 0.0842 e. The fourth-order valence-corrected chi connectivity index (χ4v) is 0. The van der Waals surface area contributed by atoms with Crippen LogP contribution < -0.4 is 10.2 Å². The van der Waals surface area contributed by atoms with Gasteiger partial charge in [0.1, 0.15) is 0 Å². The molecule has 78 valence electrons. The Labute approximate surface area is 97.2 Å². The molecule has 0 heterocycles. The van der Waals surface area contributed by atoms with E-state index in [4.69, 9.17) is 19.8 Å². The van der Waals surface area contributed by atoms with Crippen LogP contribution in [0.3, 0.4) is 0 Å². The number of carboxylic acids is 2. The van der Waals surface area contributed by atoms with Gasteiger partial charge in [0.25, 0.3) is 0 Å². The Balaban J connectivity index is -0.000000143. The second-order valence-corrected chi connectivity index (χ2v) is 1.89. The van der Waals surface area contributed by atoms with Gasteiger partial charge in [0.2, 0.25) is 0 Å². The Hall–Kier alpha value is -0.618. The van der Waals surface area contributed by atoms with E-state index in [0.717, 1.165) is 0 Å². The van der Waals surface area contributed by atoms with Gasteiger partial charge in [-0.2, -0.15) is 0 Å². The first-order valence-corrected chi connectivity index (χ1v) is 2.95. The van der Waals surface area contributed by atoms with Crippen molar-refractivity contribution in [2.75, 3.05) is 0 Å². The fourth-order valence-electron chi connectivity index (χ4n) is 0. The molecule has 6 nitrogen and oxygen atoms in total. The number of hydrogen-bond donors (Lipinski definition) is 0. The predicted molar refractivity (Wildman–Crippen MR) is 34.8 cm³/mol. The van der Waals surface area contributed by atoms with Crippen LogP contribution in [-0.2, 0) is 64.9 Å². The summed E-state index contributed by atoms with van der Waals surface area (Å²) in [7, 11) is 0. The minimum Gasteiger partial charge on any atom is -0.736 e. The zero-order chi connectivity index (χ0) is 10.3. The molecule has 0 rings (SSSR count). The monoisotopic (exact) mass is 314 g/mol. The van der Waals surface area contributed by atoms with Crippen LogP contribution in [0.1, 0.15) is 0 Å². The van der Waals surface area contributed by atoms with Crippen LogP contribution in [0.2, 0.25) is 0 Å². The normalized spacial score (nSPS) is 6.77. The fraction of sp³-hybridized carbons (Fsp3) is 0. The zero-order valence-corrected chi connectivity index (χ0v) is 8.77. The van der Waals surface area contributed by atoms with Crippen molar-refractivity contribution in [2.45, 2.75) is 0 Å². The van der Waals surface area contributed by atoms with E-state index >= 15 is 0 Å². The molecule has 0 bridgehead atoms. The molecule has 0 saturated heterocycles. The Morgan fingerprint density at radius 3 is 0.846 bits per heavy atom. The van der Waals surface area contributed by atoms with Crippen LogP contribution >= 0.6 is 0 Å². The van der Waals surface area contributed by atoms with Crippen LogP contribution in [0.5, 0.6) is 0 Å². The molecular weight excluding hydrogens is 315 g/mol. The standard InChI is InChI=1S/2C2H2O3S.Pd/c2*3-1(4)2(5)6;/h2*(H,3,4)(H,5,6);/p-4. The molecule has 13 heavy (non-hydrogen) atoms. The van der Waals surface area contributed by atoms with E-state index in [-0.39, 0.29) is 20.4 Å². The molecule has 0 fully saturated rings. The van der Waals surface area contributed by atoms with Gasteiger partial charge in [-0.1, -0.05) is 0 Å². The number of rotatable bonds is 2. The van der Waals surface area contributed by atoms with Gasteiger partial charge in [0.05, 0.1) is 22.2 Å². The first-order chi connectivity index (χ1) is 5.29. The second-order valence-electron chi connectivity index (χ2n) is 1.15. The molecular formula is C4O6PdS2-4. The summed E-state index contributed by atoms with van der Waals surface area (Å²) >= 11 is 7.20. The summed E-state index contributed by atoms with van der Waals surface area (Å²) in [5.74, 6) is -3.63. The molecule has 0 radical (unpaired) electrons. The quantitative estimate of drug-likeness (QED) is 0.285. The largest absolute Gasteiger partial charge is 0.736 e. The van der Waals surface area contributed by atoms with Gasteiger partial charge >= 0.3 is 0 Å². The number of hydrogen-bond acceptors (Lipinski definition) is 8. The SMILES string of the molecule is O=C([O-])C(=O)[S-].O=C([O-])C(=O)[S-].[Pd]. The molecule has 0 N–H and O–H groups in total. The van der Waals surface area contributed by atoms with E-state index in [1.807, 2.05) is 0 Å². The Morgan fingerprint density at radius 1 is 0.769 bits per heavy atom. The topological polar surface area (TPSA) is 114 Å². The minimum atomic E-state index is -1.81. The van der Waals surface area contributed by atoms with Crippen molar-refractivity contribution in [1.29, 1.82) is 0 Å². The smallest absolute Gasteiger partial charge is 0.0842 e. The molecule has 0 unspecified atom stereocenters. The molecule has 0 amide bonds. The van der Waals surface area contributed by atoms with Crippen molar-refractivity contribution in [3.05, 3.63) is 0 Å². The van der Waals surface area contributed by atoms with Crippen molar-refractivity contribution in [3.8, 4) is 0 Å². The number of carbonyl (C=O) groups is 4. The first kappa shape index (κ1) is 18.2. The summed E-state index contributed by atoms with van der Waals surface area (Å²) in [6, 6.07) is 0. The van der Waals surface area contributed by atoms with Crippen LogP contribution in [0.15, 0.2) is 0 Å². The molecule has 0 aliphatic carbocycles. The molecule has 0 aliphatic rings. The number of carbonyl (C=O) groups excluding carboxylic acids is 4. The minimum absolute atomic E-state index is 0. The third-order valence-electron chi connectivity index (χ3n) is 0.333. The number of aliphatic carboxylic acids is 2. The van der Waals surface area contributed by atoms with Crippen molar-refractivity contribution in [2.24, 2.45) is 0 Å². The van der Waals surface area contributed by atoms with Gasteiger partial charge in [-0.15, -0.1) is 0 Å². The molecule has 0 aromatic rings. The van der Waals surface area contributed by atoms with E-state index in [1.54, 1.807) is 0 Å². The van der Waals surface area contributed by atoms with E-state index in [9.17, 15) is 9.59 Å². The Bertz CT molecular complexity index is 179. The first-order valence-electron chi connectivity index (χ1n) is 2.13. The molecule has 0 aliphatic heterocycles. The summed E-state index contributed by atoms with van der Waals surface area (Å²) < 4.78 is 0. The van der Waals surface area contributed by atoms with Crippen LogP contribution in [0.25, 0.3) is 0 Å². The van der Waals surface area contributed by atoms with E-state index in [0.29, 0.717) is 0 Å². The molecule has 0 aromatic carbocycles. The van der Waals surface area contributed by atoms with E-state index in [2.05, 4.69) is 25.3 Å². The zero-order valence-electron chi connectivity index (χ0n) is 5.58. The van der Waals surface area contributed by atoms with Crippen LogP contribution in [-0.4, -0.2) is 22.2 Å². The van der Waals surface area contributed by atoms with Crippen molar-refractivity contribution in [3.63, 3.8) is 0 Å². The van der Waals surface area contributed by atoms with Crippen LogP contribution in [0.4, 0.5) is 0 Å². The van der Waals surface area contributed by atoms with Crippen LogP contribution in [0, 0.1) is 0 Å². The third-order valence-corrected chi connectivity index (χ3v) is 0.667. The molecule has 9 heteroatoms. The Kier molecular flexibility index (Phi) is 13.3. The van der Waals surface area contributed by atoms with Gasteiger partial charge < -0.3 is 54.6 Å². The molecule has 0 aromatic heterocycles. The average molecular weight is 315 g/mol. The maximum atomic E-state index is 9.30. The molecule has 0 spiro atoms. The van der Waals surface area contributed by atoms with Crippen molar-refractivity contribution in [1.82, 2.24) is 0 Å². The number of carboxylic acid groups (broad SMARTS) is 2. The third kappa shape index (κ3) is 18.4. The summed E-state index contributed by atoms with van der Waals surface area (Å²) in [6.45, 7) is 0. The molecule has 0 atom stereocenters. The average Bonchev–Trinajstić information content (AvgIpc) is 1.88. The second kappa shape index (κ2) is 9.47. The van der Waals surface area contributed by atoms with Gasteiger partial charge in [-0.05, 0) is 0 Å². The summed E-state index contributed by atoms with van der Waals surface area (Å²) in [5.41, 5.74) is 0. The summed E-state index contributed by atoms with van der Waals surface area (Å²) in [5, 5.41) is 15.6. The van der Waals surface area contributed by atoms with Crippen molar-refractivity contribution < 1.29 is 49.8 Å². The van der Waals surface area contributed by atoms with E-state index in [1.165, 1.54) is 0 Å². The summed E-state index contributed by atoms with van der Waals surface area (Å²) in [4.78, 5) is 36.9. The predicted octanol–water partition coefficient (Wildman–Crippen LogP) is -4.38. The van der Waals surface area contributed by atoms with Gasteiger partial charge in [0.15, 0.2) is 0 Å². The van der Waals surface area contributed by atoms with Gasteiger partial charge in [0, 0.05) is 20.4 Å². The Morgan fingerprint density at radius 2 is 0.846 bits per heavy atom. The van der Waals surface area contributed by atoms with Gasteiger partial charge in [-0.3, -0.25) is 0 Å². The van der Waals surface area contributed by atoms with Gasteiger partial charge in [-0.25, -0.2) is 0 Å².